The first kappa shape index (κ1) is 23.7. The molecule has 1 aromatic rings. The Labute approximate surface area is 183 Å². The first-order chi connectivity index (χ1) is 13.2. The number of ether oxygens (including phenoxy) is 1. The molecule has 0 bridgehead atoms. The largest absolute Gasteiger partial charge is 0.378 e. The molecule has 1 aliphatic carbocycles. The normalized spacial score (nSPS) is 21.6. The molecule has 0 spiro atoms. The maximum atomic E-state index is 12.1. The number of nitrogens with zero attached hydrogens (tertiary/aromatic N) is 3. The summed E-state index contributed by atoms with van der Waals surface area (Å²) < 4.78 is 5.37. The van der Waals surface area contributed by atoms with Crippen molar-refractivity contribution < 1.29 is 14.3 Å². The molecule has 2 aliphatic heterocycles. The summed E-state index contributed by atoms with van der Waals surface area (Å²) >= 11 is 0. The maximum absolute atomic E-state index is 12.1. The lowest BCUT2D eigenvalue weighted by Gasteiger charge is -2.35. The molecule has 8 nitrogen and oxygen atoms in total. The fraction of sp³-hybridized carbons (Fsp3) is 0.632. The SMILES string of the molecule is Cl.Cl.O=C(CC1COCCN1)Nc1ccc(N2CCN(C(=O)C3CC3)CC2)nc1. The Hall–Kier alpha value is -1.61. The Kier molecular flexibility index (Phi) is 8.95. The highest BCUT2D eigenvalue weighted by Gasteiger charge is 2.34. The van der Waals surface area contributed by atoms with Crippen molar-refractivity contribution in [3.05, 3.63) is 18.3 Å². The van der Waals surface area contributed by atoms with Gasteiger partial charge in [-0.25, -0.2) is 4.98 Å². The van der Waals surface area contributed by atoms with E-state index in [0.29, 0.717) is 31.2 Å². The van der Waals surface area contributed by atoms with E-state index in [1.165, 1.54) is 0 Å². The smallest absolute Gasteiger partial charge is 0.226 e. The molecule has 3 heterocycles. The van der Waals surface area contributed by atoms with E-state index in [1.54, 1.807) is 6.20 Å². The standard InChI is InChI=1S/C19H27N5O3.2ClH/c25-18(11-16-13-27-10-5-20-16)22-15-3-4-17(21-12-15)23-6-8-24(9-7-23)19(26)14-1-2-14;;/h3-4,12,14,16,20H,1-2,5-11,13H2,(H,22,25);2*1H. The van der Waals surface area contributed by atoms with Crippen molar-refractivity contribution in [2.75, 3.05) is 56.2 Å². The van der Waals surface area contributed by atoms with Gasteiger partial charge in [0.15, 0.2) is 0 Å². The average molecular weight is 446 g/mol. The zero-order valence-electron chi connectivity index (χ0n) is 16.3. The first-order valence-corrected chi connectivity index (χ1v) is 9.80. The number of carbonyl (C=O) groups is 2. The highest BCUT2D eigenvalue weighted by Crippen LogP contribution is 2.31. The predicted molar refractivity (Wildman–Crippen MR) is 116 cm³/mol. The molecule has 0 radical (unpaired) electrons. The van der Waals surface area contributed by atoms with Gasteiger partial charge in [-0.3, -0.25) is 9.59 Å². The fourth-order valence-electron chi connectivity index (χ4n) is 3.58. The summed E-state index contributed by atoms with van der Waals surface area (Å²) in [5, 5.41) is 6.17. The van der Waals surface area contributed by atoms with E-state index < -0.39 is 0 Å². The molecule has 2 amide bonds. The highest BCUT2D eigenvalue weighted by molar-refractivity contribution is 5.91. The van der Waals surface area contributed by atoms with Gasteiger partial charge in [-0.2, -0.15) is 0 Å². The number of amides is 2. The van der Waals surface area contributed by atoms with E-state index in [1.807, 2.05) is 17.0 Å². The third kappa shape index (κ3) is 6.44. The molecular weight excluding hydrogens is 417 g/mol. The fourth-order valence-corrected chi connectivity index (χ4v) is 3.58. The van der Waals surface area contributed by atoms with Crippen LogP contribution in [0.15, 0.2) is 18.3 Å². The van der Waals surface area contributed by atoms with Gasteiger partial charge in [-0.05, 0) is 25.0 Å². The number of hydrogen-bond acceptors (Lipinski definition) is 6. The third-order valence-corrected chi connectivity index (χ3v) is 5.30. The molecule has 1 atom stereocenters. The van der Waals surface area contributed by atoms with E-state index >= 15 is 0 Å². The number of aromatic nitrogens is 1. The van der Waals surface area contributed by atoms with Crippen molar-refractivity contribution in [2.24, 2.45) is 5.92 Å². The number of carbonyl (C=O) groups excluding carboxylic acids is 2. The Bertz CT molecular complexity index is 673. The van der Waals surface area contributed by atoms with Crippen LogP contribution in [0.5, 0.6) is 0 Å². The molecule has 1 saturated carbocycles. The maximum Gasteiger partial charge on any atom is 0.226 e. The molecule has 4 rings (SSSR count). The van der Waals surface area contributed by atoms with Crippen LogP contribution in [0.4, 0.5) is 11.5 Å². The van der Waals surface area contributed by atoms with Gasteiger partial charge in [0.05, 0.1) is 25.1 Å². The van der Waals surface area contributed by atoms with Crippen LogP contribution in [-0.2, 0) is 14.3 Å². The van der Waals surface area contributed by atoms with Gasteiger partial charge < -0.3 is 25.2 Å². The van der Waals surface area contributed by atoms with Gasteiger partial charge in [0.1, 0.15) is 5.82 Å². The Morgan fingerprint density at radius 3 is 2.52 bits per heavy atom. The number of rotatable bonds is 5. The molecule has 1 aromatic heterocycles. The van der Waals surface area contributed by atoms with Gasteiger partial charge in [-0.15, -0.1) is 24.8 Å². The van der Waals surface area contributed by atoms with Crippen molar-refractivity contribution in [2.45, 2.75) is 25.3 Å². The van der Waals surface area contributed by atoms with Crippen molar-refractivity contribution in [3.63, 3.8) is 0 Å². The predicted octanol–water partition coefficient (Wildman–Crippen LogP) is 1.30. The molecule has 2 saturated heterocycles. The van der Waals surface area contributed by atoms with Crippen LogP contribution in [0, 0.1) is 5.92 Å². The van der Waals surface area contributed by atoms with Gasteiger partial charge in [0.2, 0.25) is 11.8 Å². The number of pyridine rings is 1. The van der Waals surface area contributed by atoms with Gasteiger partial charge >= 0.3 is 0 Å². The highest BCUT2D eigenvalue weighted by atomic mass is 35.5. The lowest BCUT2D eigenvalue weighted by Crippen LogP contribution is -2.49. The van der Waals surface area contributed by atoms with Crippen molar-refractivity contribution in [1.82, 2.24) is 15.2 Å². The second-order valence-electron chi connectivity index (χ2n) is 7.47. The minimum absolute atomic E-state index is 0. The summed E-state index contributed by atoms with van der Waals surface area (Å²) in [5.41, 5.74) is 0.697. The van der Waals surface area contributed by atoms with E-state index in [9.17, 15) is 9.59 Å². The molecule has 3 fully saturated rings. The zero-order chi connectivity index (χ0) is 18.6. The molecule has 1 unspecified atom stereocenters. The van der Waals surface area contributed by atoms with E-state index in [4.69, 9.17) is 4.74 Å². The van der Waals surface area contributed by atoms with E-state index in [-0.39, 0.29) is 42.7 Å². The number of hydrogen-bond donors (Lipinski definition) is 2. The lowest BCUT2D eigenvalue weighted by atomic mass is 10.2. The van der Waals surface area contributed by atoms with E-state index in [2.05, 4.69) is 20.5 Å². The molecule has 10 heteroatoms. The second-order valence-corrected chi connectivity index (χ2v) is 7.47. The quantitative estimate of drug-likeness (QED) is 0.709. The number of piperazine rings is 1. The Morgan fingerprint density at radius 1 is 1.17 bits per heavy atom. The van der Waals surface area contributed by atoms with Crippen molar-refractivity contribution >= 4 is 48.1 Å². The van der Waals surface area contributed by atoms with Crippen LogP contribution in [0.3, 0.4) is 0 Å². The topological polar surface area (TPSA) is 86.8 Å². The molecule has 3 aliphatic rings. The molecular formula is C19H29Cl2N5O3. The minimum Gasteiger partial charge on any atom is -0.378 e. The molecule has 2 N–H and O–H groups in total. The average Bonchev–Trinajstić information content (AvgIpc) is 3.54. The van der Waals surface area contributed by atoms with Crippen LogP contribution in [-0.4, -0.2) is 73.7 Å². The van der Waals surface area contributed by atoms with Crippen molar-refractivity contribution in [1.29, 1.82) is 0 Å². The van der Waals surface area contributed by atoms with Gasteiger partial charge in [-0.1, -0.05) is 0 Å². The number of morpholine rings is 1. The van der Waals surface area contributed by atoms with Gasteiger partial charge in [0.25, 0.3) is 0 Å². The molecule has 29 heavy (non-hydrogen) atoms. The molecule has 162 valence electrons. The Balaban J connectivity index is 0.00000150. The molecule has 0 aromatic carbocycles. The van der Waals surface area contributed by atoms with Crippen LogP contribution in [0.1, 0.15) is 19.3 Å². The van der Waals surface area contributed by atoms with Crippen LogP contribution in [0.25, 0.3) is 0 Å². The zero-order valence-corrected chi connectivity index (χ0v) is 18.0. The summed E-state index contributed by atoms with van der Waals surface area (Å²) in [6, 6.07) is 3.88. The van der Waals surface area contributed by atoms with Crippen LogP contribution in [0.2, 0.25) is 0 Å². The van der Waals surface area contributed by atoms with Gasteiger partial charge in [0, 0.05) is 51.1 Å². The first-order valence-electron chi connectivity index (χ1n) is 9.80. The summed E-state index contributed by atoms with van der Waals surface area (Å²) in [6.07, 6.45) is 4.19. The summed E-state index contributed by atoms with van der Waals surface area (Å²) in [6.45, 7) is 5.16. The number of anilines is 2. The van der Waals surface area contributed by atoms with E-state index in [0.717, 1.165) is 51.4 Å². The van der Waals surface area contributed by atoms with Crippen LogP contribution >= 0.6 is 24.8 Å². The second kappa shape index (κ2) is 11.0. The van der Waals surface area contributed by atoms with Crippen molar-refractivity contribution in [3.8, 4) is 0 Å². The Morgan fingerprint density at radius 2 is 1.93 bits per heavy atom. The number of nitrogens with one attached hydrogen (secondary N) is 2. The third-order valence-electron chi connectivity index (χ3n) is 5.30. The summed E-state index contributed by atoms with van der Waals surface area (Å²) in [4.78, 5) is 32.9. The lowest BCUT2D eigenvalue weighted by molar-refractivity contribution is -0.132. The number of halogens is 2. The van der Waals surface area contributed by atoms with Crippen LogP contribution < -0.4 is 15.5 Å². The minimum atomic E-state index is -0.0419. The monoisotopic (exact) mass is 445 g/mol. The summed E-state index contributed by atoms with van der Waals surface area (Å²) in [5.74, 6) is 1.44. The summed E-state index contributed by atoms with van der Waals surface area (Å²) in [7, 11) is 0.